The Balaban J connectivity index is 0.000000386. The van der Waals surface area contributed by atoms with Gasteiger partial charge in [-0.3, -0.25) is 14.3 Å². The second-order valence-corrected chi connectivity index (χ2v) is 9.01. The highest BCUT2D eigenvalue weighted by Gasteiger charge is 2.26. The van der Waals surface area contributed by atoms with Crippen molar-refractivity contribution in [1.29, 1.82) is 0 Å². The number of ether oxygens (including phenoxy) is 1. The maximum Gasteiger partial charge on any atom is 0.243 e. The molecule has 0 aromatic heterocycles. The lowest BCUT2D eigenvalue weighted by Crippen LogP contribution is -2.44. The molecule has 1 heterocycles. The lowest BCUT2D eigenvalue weighted by molar-refractivity contribution is -0.139. The molecule has 7 heteroatoms. The van der Waals surface area contributed by atoms with Gasteiger partial charge in [-0.1, -0.05) is 35.9 Å². The van der Waals surface area contributed by atoms with Gasteiger partial charge in [0.2, 0.25) is 11.8 Å². The van der Waals surface area contributed by atoms with Crippen molar-refractivity contribution in [2.45, 2.75) is 38.1 Å². The monoisotopic (exact) mass is 429 g/mol. The maximum atomic E-state index is 11.8. The predicted molar refractivity (Wildman–Crippen MR) is 122 cm³/mol. The third-order valence-electron chi connectivity index (χ3n) is 3.99. The number of aryl methyl sites for hydroxylation is 1. The van der Waals surface area contributed by atoms with Crippen molar-refractivity contribution >= 4 is 29.4 Å². The second-order valence-electron chi connectivity index (χ2n) is 8.13. The van der Waals surface area contributed by atoms with E-state index in [1.54, 1.807) is 11.9 Å². The summed E-state index contributed by atoms with van der Waals surface area (Å²) < 4.78 is 8.27. The molecule has 1 saturated heterocycles. The summed E-state index contributed by atoms with van der Waals surface area (Å²) in [6.07, 6.45) is 0. The molecule has 3 N–H and O–H groups in total. The summed E-state index contributed by atoms with van der Waals surface area (Å²) in [6.45, 7) is 9.22. The Morgan fingerprint density at radius 2 is 1.67 bits per heavy atom. The van der Waals surface area contributed by atoms with Gasteiger partial charge in [0.1, 0.15) is 0 Å². The summed E-state index contributed by atoms with van der Waals surface area (Å²) >= 11 is 1.55. The molecule has 1 aliphatic heterocycles. The van der Waals surface area contributed by atoms with Crippen molar-refractivity contribution in [2.24, 2.45) is 5.92 Å². The third kappa shape index (κ3) is 9.43. The molecule has 0 spiro atoms. The zero-order valence-corrected chi connectivity index (χ0v) is 18.8. The van der Waals surface area contributed by atoms with Crippen molar-refractivity contribution < 1.29 is 14.3 Å². The lowest BCUT2D eigenvalue weighted by Gasteiger charge is -2.24. The van der Waals surface area contributed by atoms with Gasteiger partial charge in [-0.05, 0) is 63.9 Å². The van der Waals surface area contributed by atoms with Crippen LogP contribution in [0, 0.1) is 12.8 Å². The normalized spacial score (nSPS) is 13.5. The maximum absolute atomic E-state index is 11.8. The zero-order valence-electron chi connectivity index (χ0n) is 18.0. The van der Waals surface area contributed by atoms with Crippen molar-refractivity contribution in [3.63, 3.8) is 0 Å². The Hall–Kier alpha value is -2.35. The van der Waals surface area contributed by atoms with Crippen LogP contribution in [0.2, 0.25) is 0 Å². The molecule has 0 bridgehead atoms. The Morgan fingerprint density at radius 3 is 2.13 bits per heavy atom. The topological polar surface area (TPSA) is 79.5 Å². The highest BCUT2D eigenvalue weighted by atomic mass is 32.2. The quantitative estimate of drug-likeness (QED) is 0.609. The SMILES string of the molecule is CC(C)(C)NSc1ccc(NC(=O)CNC(=O)C2COC2)cc1.Cc1ccccc1. The minimum absolute atomic E-state index is 0.0290. The summed E-state index contributed by atoms with van der Waals surface area (Å²) in [4.78, 5) is 24.5. The van der Waals surface area contributed by atoms with Crippen LogP contribution in [-0.2, 0) is 14.3 Å². The largest absolute Gasteiger partial charge is 0.380 e. The number of hydrogen-bond donors (Lipinski definition) is 3. The Kier molecular flexibility index (Phi) is 9.36. The van der Waals surface area contributed by atoms with Crippen LogP contribution in [-0.4, -0.2) is 37.1 Å². The zero-order chi connectivity index (χ0) is 22.0. The second kappa shape index (κ2) is 11.7. The van der Waals surface area contributed by atoms with Crippen LogP contribution in [0.3, 0.4) is 0 Å². The number of anilines is 1. The highest BCUT2D eigenvalue weighted by Crippen LogP contribution is 2.20. The fraction of sp³-hybridized carbons (Fsp3) is 0.391. The van der Waals surface area contributed by atoms with Gasteiger partial charge < -0.3 is 15.4 Å². The number of nitrogens with one attached hydrogen (secondary N) is 3. The molecule has 0 atom stereocenters. The molecule has 0 saturated carbocycles. The van der Waals surface area contributed by atoms with E-state index >= 15 is 0 Å². The Bertz CT molecular complexity index is 801. The number of benzene rings is 2. The van der Waals surface area contributed by atoms with Gasteiger partial charge >= 0.3 is 0 Å². The number of rotatable bonds is 6. The molecule has 1 fully saturated rings. The molecule has 1 aliphatic rings. The average Bonchev–Trinajstić information content (AvgIpc) is 2.65. The van der Waals surface area contributed by atoms with E-state index in [-0.39, 0.29) is 29.8 Å². The molecule has 2 aromatic carbocycles. The Labute approximate surface area is 183 Å². The van der Waals surface area contributed by atoms with Gasteiger partial charge in [0.25, 0.3) is 0 Å². The summed E-state index contributed by atoms with van der Waals surface area (Å²) in [6, 6.07) is 17.8. The number of carbonyl (C=O) groups is 2. The number of amides is 2. The molecule has 2 amide bonds. The molecule has 162 valence electrons. The first kappa shape index (κ1) is 23.9. The van der Waals surface area contributed by atoms with E-state index < -0.39 is 0 Å². The van der Waals surface area contributed by atoms with E-state index in [9.17, 15) is 9.59 Å². The fourth-order valence-corrected chi connectivity index (χ4v) is 2.95. The molecule has 0 radical (unpaired) electrons. The molecular formula is C23H31N3O3S. The van der Waals surface area contributed by atoms with Crippen LogP contribution in [0.4, 0.5) is 5.69 Å². The predicted octanol–water partition coefficient (Wildman–Crippen LogP) is 3.78. The summed E-state index contributed by atoms with van der Waals surface area (Å²) in [5.74, 6) is -0.493. The van der Waals surface area contributed by atoms with Gasteiger partial charge in [0.15, 0.2) is 0 Å². The number of carbonyl (C=O) groups excluding carboxylic acids is 2. The van der Waals surface area contributed by atoms with Crippen LogP contribution in [0.5, 0.6) is 0 Å². The van der Waals surface area contributed by atoms with Gasteiger partial charge in [0, 0.05) is 16.1 Å². The van der Waals surface area contributed by atoms with E-state index in [1.165, 1.54) is 5.56 Å². The van der Waals surface area contributed by atoms with Crippen molar-refractivity contribution in [1.82, 2.24) is 10.0 Å². The minimum atomic E-state index is -0.244. The molecule has 2 aromatic rings. The minimum Gasteiger partial charge on any atom is -0.380 e. The summed E-state index contributed by atoms with van der Waals surface area (Å²) in [5.41, 5.74) is 2.06. The smallest absolute Gasteiger partial charge is 0.243 e. The van der Waals surface area contributed by atoms with Crippen LogP contribution in [0.1, 0.15) is 26.3 Å². The summed E-state index contributed by atoms with van der Waals surface area (Å²) in [7, 11) is 0. The van der Waals surface area contributed by atoms with Gasteiger partial charge in [0.05, 0.1) is 25.7 Å². The van der Waals surface area contributed by atoms with Crippen molar-refractivity contribution in [3.8, 4) is 0 Å². The first-order chi connectivity index (χ1) is 14.2. The first-order valence-electron chi connectivity index (χ1n) is 9.94. The van der Waals surface area contributed by atoms with Crippen molar-refractivity contribution in [3.05, 3.63) is 60.2 Å². The van der Waals surface area contributed by atoms with E-state index in [0.29, 0.717) is 18.9 Å². The van der Waals surface area contributed by atoms with E-state index in [0.717, 1.165) is 4.90 Å². The van der Waals surface area contributed by atoms with Gasteiger partial charge in [-0.15, -0.1) is 0 Å². The summed E-state index contributed by atoms with van der Waals surface area (Å²) in [5, 5.41) is 5.37. The van der Waals surface area contributed by atoms with Crippen LogP contribution in [0.25, 0.3) is 0 Å². The third-order valence-corrected chi connectivity index (χ3v) is 5.21. The lowest BCUT2D eigenvalue weighted by atomic mass is 10.1. The first-order valence-corrected chi connectivity index (χ1v) is 10.8. The van der Waals surface area contributed by atoms with Gasteiger partial charge in [-0.25, -0.2) is 0 Å². The molecule has 6 nitrogen and oxygen atoms in total. The molecule has 0 unspecified atom stereocenters. The molecule has 3 rings (SSSR count). The molecule has 30 heavy (non-hydrogen) atoms. The van der Waals surface area contributed by atoms with Crippen LogP contribution >= 0.6 is 11.9 Å². The van der Waals surface area contributed by atoms with Gasteiger partial charge in [-0.2, -0.15) is 0 Å². The van der Waals surface area contributed by atoms with Crippen LogP contribution in [0.15, 0.2) is 59.5 Å². The standard InChI is InChI=1S/C16H23N3O3S.C7H8/c1-16(2,3)19-23-13-6-4-12(5-7-13)18-14(20)8-17-15(21)11-9-22-10-11;1-7-5-3-2-4-6-7/h4-7,11,19H,8-10H2,1-3H3,(H,17,21)(H,18,20);2-6H,1H3. The van der Waals surface area contributed by atoms with E-state index in [1.807, 2.05) is 42.5 Å². The van der Waals surface area contributed by atoms with Crippen molar-refractivity contribution in [2.75, 3.05) is 25.1 Å². The van der Waals surface area contributed by atoms with E-state index in [2.05, 4.69) is 55.2 Å². The number of hydrogen-bond acceptors (Lipinski definition) is 5. The van der Waals surface area contributed by atoms with Crippen LogP contribution < -0.4 is 15.4 Å². The fourth-order valence-electron chi connectivity index (χ4n) is 2.26. The van der Waals surface area contributed by atoms with E-state index in [4.69, 9.17) is 4.74 Å². The molecular weight excluding hydrogens is 398 g/mol. The average molecular weight is 430 g/mol. The highest BCUT2D eigenvalue weighted by molar-refractivity contribution is 7.97. The molecule has 0 aliphatic carbocycles. The Morgan fingerprint density at radius 1 is 1.03 bits per heavy atom.